The summed E-state index contributed by atoms with van der Waals surface area (Å²) in [6, 6.07) is 14.6. The Balaban J connectivity index is 1.74. The minimum Gasteiger partial charge on any atom is -0.492 e. The Labute approximate surface area is 157 Å². The quantitative estimate of drug-likeness (QED) is 0.668. The average molecular weight is 363 g/mol. The molecule has 0 unspecified atom stereocenters. The first-order valence-electron chi connectivity index (χ1n) is 8.68. The van der Waals surface area contributed by atoms with Crippen LogP contribution in [0.2, 0.25) is 0 Å². The lowest BCUT2D eigenvalue weighted by atomic mass is 10.2. The van der Waals surface area contributed by atoms with Gasteiger partial charge in [-0.15, -0.1) is 0 Å². The van der Waals surface area contributed by atoms with Crippen LogP contribution < -0.4 is 15.4 Å². The molecular weight excluding hydrogens is 342 g/mol. The Morgan fingerprint density at radius 2 is 1.93 bits per heavy atom. The number of carbonyl (C=O) groups is 1. The summed E-state index contributed by atoms with van der Waals surface area (Å²) in [5, 5.41) is 6.02. The van der Waals surface area contributed by atoms with Gasteiger partial charge in [0.05, 0.1) is 24.5 Å². The van der Waals surface area contributed by atoms with Crippen LogP contribution in [0.4, 0.5) is 11.5 Å². The smallest absolute Gasteiger partial charge is 0.274 e. The monoisotopic (exact) mass is 363 g/mol. The number of amides is 1. The minimum atomic E-state index is -0.325. The number of nitrogens with zero attached hydrogens (tertiary/aromatic N) is 3. The number of carbonyl (C=O) groups excluding carboxylic acids is 1. The molecule has 0 aliphatic heterocycles. The van der Waals surface area contributed by atoms with Crippen LogP contribution in [-0.4, -0.2) is 27.5 Å². The van der Waals surface area contributed by atoms with Crippen LogP contribution in [0, 0.1) is 6.92 Å². The van der Waals surface area contributed by atoms with Gasteiger partial charge in [-0.2, -0.15) is 0 Å². The van der Waals surface area contributed by atoms with Gasteiger partial charge < -0.3 is 15.4 Å². The first-order valence-corrected chi connectivity index (χ1v) is 8.68. The van der Waals surface area contributed by atoms with Crippen molar-refractivity contribution >= 4 is 17.4 Å². The molecule has 0 saturated heterocycles. The fourth-order valence-corrected chi connectivity index (χ4v) is 2.50. The molecule has 0 spiro atoms. The van der Waals surface area contributed by atoms with Crippen LogP contribution in [0.5, 0.6) is 5.75 Å². The van der Waals surface area contributed by atoms with Gasteiger partial charge in [0, 0.05) is 12.3 Å². The Bertz CT molecular complexity index is 915. The van der Waals surface area contributed by atoms with Gasteiger partial charge in [0.2, 0.25) is 0 Å². The van der Waals surface area contributed by atoms with E-state index in [1.54, 1.807) is 25.3 Å². The molecule has 0 bridgehead atoms. The molecule has 1 amide bonds. The number of anilines is 2. The number of hydrogen-bond acceptors (Lipinski definition) is 6. The molecular formula is C20H21N5O2. The van der Waals surface area contributed by atoms with Crippen LogP contribution in [-0.2, 0) is 6.54 Å². The average Bonchev–Trinajstić information content (AvgIpc) is 2.68. The predicted molar refractivity (Wildman–Crippen MR) is 104 cm³/mol. The molecule has 7 heteroatoms. The van der Waals surface area contributed by atoms with Crippen LogP contribution >= 0.6 is 0 Å². The van der Waals surface area contributed by atoms with Crippen molar-refractivity contribution in [2.45, 2.75) is 20.4 Å². The molecule has 2 heterocycles. The van der Waals surface area contributed by atoms with E-state index >= 15 is 0 Å². The standard InChI is InChI=1S/C20H21N5O2/c1-3-27-18-10-5-4-9-16(18)25-20(26)17-12-19(24-14(2)23-17)22-13-15-8-6-7-11-21-15/h4-12H,3,13H2,1-2H3,(H,25,26)(H,22,23,24). The molecule has 0 aliphatic carbocycles. The molecule has 27 heavy (non-hydrogen) atoms. The molecule has 0 radical (unpaired) electrons. The van der Waals surface area contributed by atoms with Gasteiger partial charge >= 0.3 is 0 Å². The van der Waals surface area contributed by atoms with E-state index < -0.39 is 0 Å². The molecule has 2 aromatic heterocycles. The van der Waals surface area contributed by atoms with Gasteiger partial charge in [-0.05, 0) is 38.1 Å². The highest BCUT2D eigenvalue weighted by atomic mass is 16.5. The van der Waals surface area contributed by atoms with E-state index in [4.69, 9.17) is 4.74 Å². The Hall–Kier alpha value is -3.48. The van der Waals surface area contributed by atoms with Crippen molar-refractivity contribution in [2.24, 2.45) is 0 Å². The third-order valence-corrected chi connectivity index (χ3v) is 3.68. The third kappa shape index (κ3) is 5.01. The number of ether oxygens (including phenoxy) is 1. The van der Waals surface area contributed by atoms with Gasteiger partial charge in [0.25, 0.3) is 5.91 Å². The summed E-state index contributed by atoms with van der Waals surface area (Å²) in [4.78, 5) is 25.5. The van der Waals surface area contributed by atoms with Crippen LogP contribution in [0.3, 0.4) is 0 Å². The highest BCUT2D eigenvalue weighted by Gasteiger charge is 2.13. The summed E-state index contributed by atoms with van der Waals surface area (Å²) >= 11 is 0. The summed E-state index contributed by atoms with van der Waals surface area (Å²) < 4.78 is 5.54. The maximum absolute atomic E-state index is 12.7. The highest BCUT2D eigenvalue weighted by molar-refractivity contribution is 6.04. The number of rotatable bonds is 7. The van der Waals surface area contributed by atoms with E-state index in [0.29, 0.717) is 36.2 Å². The summed E-state index contributed by atoms with van der Waals surface area (Å²) in [5.41, 5.74) is 1.76. The van der Waals surface area contributed by atoms with Gasteiger partial charge in [-0.1, -0.05) is 18.2 Å². The maximum atomic E-state index is 12.7. The van der Waals surface area contributed by atoms with E-state index in [1.165, 1.54) is 0 Å². The van der Waals surface area contributed by atoms with Crippen LogP contribution in [0.25, 0.3) is 0 Å². The van der Waals surface area contributed by atoms with Crippen molar-refractivity contribution < 1.29 is 9.53 Å². The van der Waals surface area contributed by atoms with Gasteiger partial charge in [-0.3, -0.25) is 9.78 Å². The van der Waals surface area contributed by atoms with Crippen molar-refractivity contribution in [2.75, 3.05) is 17.2 Å². The van der Waals surface area contributed by atoms with Crippen molar-refractivity contribution in [1.82, 2.24) is 15.0 Å². The number of aromatic nitrogens is 3. The number of aryl methyl sites for hydroxylation is 1. The second-order valence-electron chi connectivity index (χ2n) is 5.74. The fourth-order valence-electron chi connectivity index (χ4n) is 2.50. The largest absolute Gasteiger partial charge is 0.492 e. The van der Waals surface area contributed by atoms with Gasteiger partial charge in [-0.25, -0.2) is 9.97 Å². The molecule has 0 aliphatic rings. The summed E-state index contributed by atoms with van der Waals surface area (Å²) in [6.45, 7) is 4.66. The van der Waals surface area contributed by atoms with E-state index in [2.05, 4.69) is 25.6 Å². The topological polar surface area (TPSA) is 89.0 Å². The Morgan fingerprint density at radius 3 is 2.70 bits per heavy atom. The van der Waals surface area contributed by atoms with Gasteiger partial charge in [0.15, 0.2) is 0 Å². The molecule has 3 rings (SSSR count). The lowest BCUT2D eigenvalue weighted by Crippen LogP contribution is -2.16. The number of para-hydroxylation sites is 2. The number of pyridine rings is 1. The molecule has 7 nitrogen and oxygen atoms in total. The van der Waals surface area contributed by atoms with Crippen molar-refractivity contribution in [3.63, 3.8) is 0 Å². The summed E-state index contributed by atoms with van der Waals surface area (Å²) in [6.07, 6.45) is 1.73. The van der Waals surface area contributed by atoms with Crippen molar-refractivity contribution in [3.05, 3.63) is 71.9 Å². The zero-order valence-electron chi connectivity index (χ0n) is 15.3. The molecule has 1 aromatic carbocycles. The molecule has 0 atom stereocenters. The normalized spacial score (nSPS) is 10.3. The maximum Gasteiger partial charge on any atom is 0.274 e. The predicted octanol–water partition coefficient (Wildman–Crippen LogP) is 3.44. The zero-order chi connectivity index (χ0) is 19.1. The first kappa shape index (κ1) is 18.3. The van der Waals surface area contributed by atoms with E-state index in [9.17, 15) is 4.79 Å². The van der Waals surface area contributed by atoms with Crippen LogP contribution in [0.15, 0.2) is 54.7 Å². The minimum absolute atomic E-state index is 0.275. The lowest BCUT2D eigenvalue weighted by molar-refractivity contribution is 0.102. The molecule has 2 N–H and O–H groups in total. The number of nitrogens with one attached hydrogen (secondary N) is 2. The molecule has 0 saturated carbocycles. The van der Waals surface area contributed by atoms with Crippen LogP contribution in [0.1, 0.15) is 28.9 Å². The Kier molecular flexibility index (Phi) is 5.94. The Morgan fingerprint density at radius 1 is 1.11 bits per heavy atom. The second kappa shape index (κ2) is 8.75. The third-order valence-electron chi connectivity index (χ3n) is 3.68. The summed E-state index contributed by atoms with van der Waals surface area (Å²) in [7, 11) is 0. The van der Waals surface area contributed by atoms with Crippen molar-refractivity contribution in [1.29, 1.82) is 0 Å². The second-order valence-corrected chi connectivity index (χ2v) is 5.74. The fraction of sp³-hybridized carbons (Fsp3) is 0.200. The molecule has 138 valence electrons. The van der Waals surface area contributed by atoms with E-state index in [0.717, 1.165) is 5.69 Å². The number of benzene rings is 1. The van der Waals surface area contributed by atoms with E-state index in [1.807, 2.05) is 43.3 Å². The van der Waals surface area contributed by atoms with E-state index in [-0.39, 0.29) is 11.6 Å². The van der Waals surface area contributed by atoms with Crippen molar-refractivity contribution in [3.8, 4) is 5.75 Å². The molecule has 0 fully saturated rings. The van der Waals surface area contributed by atoms with Gasteiger partial charge in [0.1, 0.15) is 23.1 Å². The first-order chi connectivity index (χ1) is 13.2. The SMILES string of the molecule is CCOc1ccccc1NC(=O)c1cc(NCc2ccccn2)nc(C)n1. The molecule has 3 aromatic rings. The zero-order valence-corrected chi connectivity index (χ0v) is 15.3. The number of hydrogen-bond donors (Lipinski definition) is 2. The summed E-state index contributed by atoms with van der Waals surface area (Å²) in [5.74, 6) is 1.36. The lowest BCUT2D eigenvalue weighted by Gasteiger charge is -2.12. The highest BCUT2D eigenvalue weighted by Crippen LogP contribution is 2.24.